The monoisotopic (exact) mass is 284 g/mol. The van der Waals surface area contributed by atoms with Gasteiger partial charge in [-0.3, -0.25) is 4.90 Å². The van der Waals surface area contributed by atoms with Crippen molar-refractivity contribution >= 4 is 16.5 Å². The van der Waals surface area contributed by atoms with Gasteiger partial charge >= 0.3 is 0 Å². The molecule has 1 aromatic rings. The number of β-amino-alcohol motifs (C(OH)–C–C–N with tert-alkyl or cyclic N) is 1. The molecule has 1 fully saturated rings. The average molecular weight is 284 g/mol. The van der Waals surface area contributed by atoms with Gasteiger partial charge in [0, 0.05) is 44.0 Å². The summed E-state index contributed by atoms with van der Waals surface area (Å²) >= 11 is 1.56. The predicted molar refractivity (Wildman–Crippen MR) is 74.1 cm³/mol. The van der Waals surface area contributed by atoms with Gasteiger partial charge in [-0.05, 0) is 0 Å². The van der Waals surface area contributed by atoms with Gasteiger partial charge in [0.2, 0.25) is 0 Å². The number of thiazole rings is 1. The standard InChI is InChI=1S/C12H20N4O2S/c13-11-15-9-1-3-16(5-10(9)19-11)7-12(17)6-14-2-4-18-8-12/h14,17H,1-8H2,(H2,13,15). The Morgan fingerprint density at radius 3 is 3.37 bits per heavy atom. The number of rotatable bonds is 2. The van der Waals surface area contributed by atoms with Crippen molar-refractivity contribution < 1.29 is 9.84 Å². The first-order chi connectivity index (χ1) is 9.15. The lowest BCUT2D eigenvalue weighted by molar-refractivity contribution is -0.0509. The van der Waals surface area contributed by atoms with Crippen LogP contribution in [0.15, 0.2) is 0 Å². The molecule has 3 heterocycles. The summed E-state index contributed by atoms with van der Waals surface area (Å²) < 4.78 is 5.46. The fourth-order valence-electron chi connectivity index (χ4n) is 2.70. The molecule has 0 aromatic carbocycles. The van der Waals surface area contributed by atoms with Crippen LogP contribution in [0.2, 0.25) is 0 Å². The molecule has 1 aromatic heterocycles. The first kappa shape index (κ1) is 13.3. The lowest BCUT2D eigenvalue weighted by atomic mass is 10.0. The molecule has 19 heavy (non-hydrogen) atoms. The number of hydrogen-bond acceptors (Lipinski definition) is 7. The highest BCUT2D eigenvalue weighted by atomic mass is 32.1. The second-order valence-corrected chi connectivity index (χ2v) is 6.45. The minimum Gasteiger partial charge on any atom is -0.385 e. The minimum absolute atomic E-state index is 0.397. The Morgan fingerprint density at radius 2 is 2.47 bits per heavy atom. The van der Waals surface area contributed by atoms with Crippen LogP contribution in [0.25, 0.3) is 0 Å². The summed E-state index contributed by atoms with van der Waals surface area (Å²) in [5, 5.41) is 14.5. The van der Waals surface area contributed by atoms with Crippen molar-refractivity contribution in [3.63, 3.8) is 0 Å². The van der Waals surface area contributed by atoms with Gasteiger partial charge in [0.25, 0.3) is 0 Å². The summed E-state index contributed by atoms with van der Waals surface area (Å²) in [5.74, 6) is 0. The highest BCUT2D eigenvalue weighted by molar-refractivity contribution is 7.15. The van der Waals surface area contributed by atoms with E-state index < -0.39 is 5.60 Å². The molecule has 1 saturated heterocycles. The molecule has 6 nitrogen and oxygen atoms in total. The Morgan fingerprint density at radius 1 is 1.58 bits per heavy atom. The first-order valence-electron chi connectivity index (χ1n) is 6.62. The van der Waals surface area contributed by atoms with Crippen molar-refractivity contribution in [2.24, 2.45) is 0 Å². The number of aliphatic hydroxyl groups is 1. The zero-order valence-corrected chi connectivity index (χ0v) is 11.7. The number of ether oxygens (including phenoxy) is 1. The Labute approximate surface area is 116 Å². The molecule has 1 atom stereocenters. The van der Waals surface area contributed by atoms with E-state index >= 15 is 0 Å². The molecule has 3 rings (SSSR count). The second-order valence-electron chi connectivity index (χ2n) is 5.34. The molecule has 7 heteroatoms. The van der Waals surface area contributed by atoms with Crippen molar-refractivity contribution in [3.05, 3.63) is 10.6 Å². The first-order valence-corrected chi connectivity index (χ1v) is 7.44. The third-order valence-corrected chi connectivity index (χ3v) is 4.50. The topological polar surface area (TPSA) is 83.6 Å². The van der Waals surface area contributed by atoms with Gasteiger partial charge in [0.15, 0.2) is 5.13 Å². The van der Waals surface area contributed by atoms with Crippen LogP contribution in [0, 0.1) is 0 Å². The molecule has 0 bridgehead atoms. The van der Waals surface area contributed by atoms with Crippen molar-refractivity contribution in [1.29, 1.82) is 0 Å². The molecule has 1 unspecified atom stereocenters. The van der Waals surface area contributed by atoms with Crippen LogP contribution >= 0.6 is 11.3 Å². The van der Waals surface area contributed by atoms with E-state index in [1.807, 2.05) is 0 Å². The number of hydrogen-bond donors (Lipinski definition) is 3. The Kier molecular flexibility index (Phi) is 3.72. The number of anilines is 1. The van der Waals surface area contributed by atoms with E-state index in [1.54, 1.807) is 11.3 Å². The Balaban J connectivity index is 1.64. The number of nitrogens with two attached hydrogens (primary N) is 1. The molecule has 2 aliphatic rings. The van der Waals surface area contributed by atoms with Crippen LogP contribution in [0.5, 0.6) is 0 Å². The fourth-order valence-corrected chi connectivity index (χ4v) is 3.62. The molecular weight excluding hydrogens is 264 g/mol. The van der Waals surface area contributed by atoms with E-state index in [1.165, 1.54) is 4.88 Å². The van der Waals surface area contributed by atoms with Crippen LogP contribution in [-0.2, 0) is 17.7 Å². The van der Waals surface area contributed by atoms with Crippen LogP contribution in [0.3, 0.4) is 0 Å². The molecular formula is C12H20N4O2S. The van der Waals surface area contributed by atoms with Crippen molar-refractivity contribution in [3.8, 4) is 0 Å². The largest absolute Gasteiger partial charge is 0.385 e. The molecule has 0 saturated carbocycles. The number of nitrogens with one attached hydrogen (secondary N) is 1. The van der Waals surface area contributed by atoms with Crippen LogP contribution in [0.4, 0.5) is 5.13 Å². The predicted octanol–water partition coefficient (Wildman–Crippen LogP) is -0.566. The molecule has 106 valence electrons. The summed E-state index contributed by atoms with van der Waals surface area (Å²) in [5.41, 5.74) is 6.07. The zero-order chi connectivity index (χ0) is 13.3. The quantitative estimate of drug-likeness (QED) is 0.675. The maximum Gasteiger partial charge on any atom is 0.180 e. The molecule has 0 aliphatic carbocycles. The van der Waals surface area contributed by atoms with E-state index in [2.05, 4.69) is 15.2 Å². The van der Waals surface area contributed by atoms with Gasteiger partial charge in [-0.2, -0.15) is 0 Å². The summed E-state index contributed by atoms with van der Waals surface area (Å²) in [4.78, 5) is 7.83. The van der Waals surface area contributed by atoms with Crippen LogP contribution in [-0.4, -0.2) is 60.0 Å². The summed E-state index contributed by atoms with van der Waals surface area (Å²) in [6.45, 7) is 4.81. The normalized spacial score (nSPS) is 28.9. The van der Waals surface area contributed by atoms with Gasteiger partial charge in [0.1, 0.15) is 5.60 Å². The van der Waals surface area contributed by atoms with E-state index in [0.29, 0.717) is 31.4 Å². The molecule has 4 N–H and O–H groups in total. The molecule has 2 aliphatic heterocycles. The fraction of sp³-hybridized carbons (Fsp3) is 0.750. The summed E-state index contributed by atoms with van der Waals surface area (Å²) in [6.07, 6.45) is 0.910. The lowest BCUT2D eigenvalue weighted by Crippen LogP contribution is -2.52. The number of fused-ring (bicyclic) bond motifs is 1. The Hall–Kier alpha value is -0.730. The number of aromatic nitrogens is 1. The highest BCUT2D eigenvalue weighted by Gasteiger charge is 2.33. The van der Waals surface area contributed by atoms with E-state index in [-0.39, 0.29) is 0 Å². The second kappa shape index (κ2) is 5.34. The SMILES string of the molecule is Nc1nc2c(s1)CN(CC1(O)CNCCOC1)CC2. The smallest absolute Gasteiger partial charge is 0.180 e. The van der Waals surface area contributed by atoms with Crippen LogP contribution in [0.1, 0.15) is 10.6 Å². The van der Waals surface area contributed by atoms with Gasteiger partial charge in [-0.15, -0.1) is 11.3 Å². The van der Waals surface area contributed by atoms with Crippen molar-refractivity contribution in [1.82, 2.24) is 15.2 Å². The molecule has 0 radical (unpaired) electrons. The van der Waals surface area contributed by atoms with E-state index in [4.69, 9.17) is 10.5 Å². The summed E-state index contributed by atoms with van der Waals surface area (Å²) in [7, 11) is 0. The van der Waals surface area contributed by atoms with E-state index in [0.717, 1.165) is 31.7 Å². The Bertz CT molecular complexity index is 443. The van der Waals surface area contributed by atoms with Gasteiger partial charge in [-0.25, -0.2) is 4.98 Å². The third-order valence-electron chi connectivity index (χ3n) is 3.59. The maximum absolute atomic E-state index is 10.6. The average Bonchev–Trinajstić information content (AvgIpc) is 2.59. The molecule has 0 spiro atoms. The highest BCUT2D eigenvalue weighted by Crippen LogP contribution is 2.27. The van der Waals surface area contributed by atoms with Gasteiger partial charge < -0.3 is 20.9 Å². The molecule has 0 amide bonds. The van der Waals surface area contributed by atoms with E-state index in [9.17, 15) is 5.11 Å². The lowest BCUT2D eigenvalue weighted by Gasteiger charge is -2.34. The van der Waals surface area contributed by atoms with Crippen LogP contribution < -0.4 is 11.1 Å². The zero-order valence-electron chi connectivity index (χ0n) is 10.9. The number of nitrogen functional groups attached to an aromatic ring is 1. The number of nitrogens with zero attached hydrogens (tertiary/aromatic N) is 2. The van der Waals surface area contributed by atoms with Gasteiger partial charge in [-0.1, -0.05) is 0 Å². The summed E-state index contributed by atoms with van der Waals surface area (Å²) in [6, 6.07) is 0. The van der Waals surface area contributed by atoms with Crippen molar-refractivity contribution in [2.45, 2.75) is 18.6 Å². The maximum atomic E-state index is 10.6. The van der Waals surface area contributed by atoms with Crippen molar-refractivity contribution in [2.75, 3.05) is 45.1 Å². The third kappa shape index (κ3) is 3.06. The minimum atomic E-state index is -0.801. The van der Waals surface area contributed by atoms with Gasteiger partial charge in [0.05, 0.1) is 18.9 Å².